The molecule has 1 aliphatic heterocycles. The van der Waals surface area contributed by atoms with Gasteiger partial charge in [0.15, 0.2) is 0 Å². The SMILES string of the molecule is Cc1ccc(CN(C)C(=O)[C@@H]2CC(=O)N(Cc3ccccn3)C2)o1. The summed E-state index contributed by atoms with van der Waals surface area (Å²) in [5.41, 5.74) is 0.832. The summed E-state index contributed by atoms with van der Waals surface area (Å²) < 4.78 is 5.51. The van der Waals surface area contributed by atoms with Crippen LogP contribution in [0.3, 0.4) is 0 Å². The van der Waals surface area contributed by atoms with Crippen LogP contribution < -0.4 is 0 Å². The van der Waals surface area contributed by atoms with Crippen LogP contribution in [0.25, 0.3) is 0 Å². The predicted molar refractivity (Wildman–Crippen MR) is 87.7 cm³/mol. The Morgan fingerprint density at radius 3 is 2.88 bits per heavy atom. The normalized spacial score (nSPS) is 17.3. The zero-order chi connectivity index (χ0) is 17.1. The maximum absolute atomic E-state index is 12.6. The number of amides is 2. The van der Waals surface area contributed by atoms with Crippen LogP contribution in [-0.4, -0.2) is 40.2 Å². The Kier molecular flexibility index (Phi) is 4.64. The van der Waals surface area contributed by atoms with Gasteiger partial charge in [-0.15, -0.1) is 0 Å². The first-order valence-electron chi connectivity index (χ1n) is 8.01. The minimum absolute atomic E-state index is 0.00115. The highest BCUT2D eigenvalue weighted by molar-refractivity contribution is 5.89. The lowest BCUT2D eigenvalue weighted by Crippen LogP contribution is -2.34. The van der Waals surface area contributed by atoms with Gasteiger partial charge in [-0.05, 0) is 31.2 Å². The topological polar surface area (TPSA) is 66.7 Å². The molecule has 24 heavy (non-hydrogen) atoms. The molecule has 6 heteroatoms. The Morgan fingerprint density at radius 2 is 2.21 bits per heavy atom. The summed E-state index contributed by atoms with van der Waals surface area (Å²) in [6, 6.07) is 9.36. The number of rotatable bonds is 5. The van der Waals surface area contributed by atoms with Gasteiger partial charge in [0.25, 0.3) is 0 Å². The molecule has 1 aliphatic rings. The van der Waals surface area contributed by atoms with Crippen LogP contribution in [0, 0.1) is 12.8 Å². The fraction of sp³-hybridized carbons (Fsp3) is 0.389. The van der Waals surface area contributed by atoms with E-state index in [0.29, 0.717) is 19.6 Å². The molecule has 6 nitrogen and oxygen atoms in total. The number of hydrogen-bond acceptors (Lipinski definition) is 4. The van der Waals surface area contributed by atoms with E-state index in [4.69, 9.17) is 4.42 Å². The summed E-state index contributed by atoms with van der Waals surface area (Å²) in [5.74, 6) is 1.24. The zero-order valence-corrected chi connectivity index (χ0v) is 13.9. The number of aryl methyl sites for hydroxylation is 1. The number of hydrogen-bond donors (Lipinski definition) is 0. The fourth-order valence-electron chi connectivity index (χ4n) is 2.97. The van der Waals surface area contributed by atoms with Crippen LogP contribution in [0.4, 0.5) is 0 Å². The van der Waals surface area contributed by atoms with Gasteiger partial charge < -0.3 is 14.2 Å². The van der Waals surface area contributed by atoms with Crippen LogP contribution in [0.15, 0.2) is 40.9 Å². The Labute approximate surface area is 141 Å². The Balaban J connectivity index is 1.59. The number of aromatic nitrogens is 1. The van der Waals surface area contributed by atoms with Crippen molar-refractivity contribution in [2.45, 2.75) is 26.4 Å². The third-order valence-electron chi connectivity index (χ3n) is 4.21. The molecule has 0 aliphatic carbocycles. The second-order valence-electron chi connectivity index (χ2n) is 6.20. The van der Waals surface area contributed by atoms with Gasteiger partial charge in [-0.1, -0.05) is 6.07 Å². The highest BCUT2D eigenvalue weighted by Gasteiger charge is 2.35. The summed E-state index contributed by atoms with van der Waals surface area (Å²) in [5, 5.41) is 0. The van der Waals surface area contributed by atoms with E-state index >= 15 is 0 Å². The van der Waals surface area contributed by atoms with E-state index in [1.54, 1.807) is 23.0 Å². The van der Waals surface area contributed by atoms with Crippen LogP contribution in [0.1, 0.15) is 23.6 Å². The first-order chi connectivity index (χ1) is 11.5. The molecule has 3 heterocycles. The summed E-state index contributed by atoms with van der Waals surface area (Å²) in [4.78, 5) is 32.3. The summed E-state index contributed by atoms with van der Waals surface area (Å²) in [6.07, 6.45) is 1.96. The third-order valence-corrected chi connectivity index (χ3v) is 4.21. The van der Waals surface area contributed by atoms with Gasteiger partial charge in [0.2, 0.25) is 11.8 Å². The first-order valence-corrected chi connectivity index (χ1v) is 8.01. The van der Waals surface area contributed by atoms with Crippen molar-refractivity contribution in [1.29, 1.82) is 0 Å². The quantitative estimate of drug-likeness (QED) is 0.842. The van der Waals surface area contributed by atoms with E-state index in [9.17, 15) is 9.59 Å². The number of pyridine rings is 1. The molecule has 0 saturated carbocycles. The second kappa shape index (κ2) is 6.86. The molecule has 0 radical (unpaired) electrons. The van der Waals surface area contributed by atoms with Gasteiger partial charge in [0, 0.05) is 26.2 Å². The van der Waals surface area contributed by atoms with Gasteiger partial charge in [-0.2, -0.15) is 0 Å². The molecule has 0 bridgehead atoms. The lowest BCUT2D eigenvalue weighted by molar-refractivity contribution is -0.135. The van der Waals surface area contributed by atoms with Crippen molar-refractivity contribution in [3.63, 3.8) is 0 Å². The number of carbonyl (C=O) groups excluding carboxylic acids is 2. The Hall–Kier alpha value is -2.63. The number of furan rings is 1. The smallest absolute Gasteiger partial charge is 0.228 e. The highest BCUT2D eigenvalue weighted by atomic mass is 16.3. The Morgan fingerprint density at radius 1 is 1.38 bits per heavy atom. The standard InChI is InChI=1S/C18H21N3O3/c1-13-6-7-16(24-13)12-20(2)18(23)14-9-17(22)21(10-14)11-15-5-3-4-8-19-15/h3-8,14H,9-12H2,1-2H3/t14-/m1/s1. The monoisotopic (exact) mass is 327 g/mol. The minimum Gasteiger partial charge on any atom is -0.464 e. The lowest BCUT2D eigenvalue weighted by atomic mass is 10.1. The molecular weight excluding hydrogens is 306 g/mol. The highest BCUT2D eigenvalue weighted by Crippen LogP contribution is 2.22. The fourth-order valence-corrected chi connectivity index (χ4v) is 2.97. The van der Waals surface area contributed by atoms with Gasteiger partial charge in [-0.3, -0.25) is 14.6 Å². The molecule has 2 amide bonds. The van der Waals surface area contributed by atoms with E-state index < -0.39 is 0 Å². The molecule has 2 aromatic heterocycles. The van der Waals surface area contributed by atoms with E-state index in [1.807, 2.05) is 37.3 Å². The van der Waals surface area contributed by atoms with Crippen LogP contribution >= 0.6 is 0 Å². The van der Waals surface area contributed by atoms with Crippen molar-refractivity contribution in [1.82, 2.24) is 14.8 Å². The molecule has 2 aromatic rings. The van der Waals surface area contributed by atoms with Gasteiger partial charge in [-0.25, -0.2) is 0 Å². The Bertz CT molecular complexity index is 726. The van der Waals surface area contributed by atoms with Gasteiger partial charge in [0.1, 0.15) is 11.5 Å². The molecule has 126 valence electrons. The molecule has 1 atom stereocenters. The number of likely N-dealkylation sites (tertiary alicyclic amines) is 1. The van der Waals surface area contributed by atoms with Crippen LogP contribution in [0.2, 0.25) is 0 Å². The average Bonchev–Trinajstić information content (AvgIpc) is 3.14. The first kappa shape index (κ1) is 16.2. The molecule has 0 aromatic carbocycles. The molecule has 1 saturated heterocycles. The van der Waals surface area contributed by atoms with E-state index in [2.05, 4.69) is 4.98 Å². The number of carbonyl (C=O) groups is 2. The molecule has 1 fully saturated rings. The van der Waals surface area contributed by atoms with Crippen LogP contribution in [-0.2, 0) is 22.7 Å². The van der Waals surface area contributed by atoms with Gasteiger partial charge >= 0.3 is 0 Å². The number of nitrogens with zero attached hydrogens (tertiary/aromatic N) is 3. The molecule has 0 spiro atoms. The summed E-state index contributed by atoms with van der Waals surface area (Å²) in [6.45, 7) is 3.17. The molecule has 0 N–H and O–H groups in total. The van der Waals surface area contributed by atoms with Gasteiger partial charge in [0.05, 0.1) is 24.7 Å². The molecular formula is C18H21N3O3. The van der Waals surface area contributed by atoms with Crippen molar-refractivity contribution >= 4 is 11.8 Å². The second-order valence-corrected chi connectivity index (χ2v) is 6.20. The largest absolute Gasteiger partial charge is 0.464 e. The van der Waals surface area contributed by atoms with Crippen molar-refractivity contribution in [2.24, 2.45) is 5.92 Å². The zero-order valence-electron chi connectivity index (χ0n) is 13.9. The van der Waals surface area contributed by atoms with Crippen molar-refractivity contribution < 1.29 is 14.0 Å². The molecule has 0 unspecified atom stereocenters. The third kappa shape index (κ3) is 3.64. The van der Waals surface area contributed by atoms with E-state index in [-0.39, 0.29) is 24.2 Å². The van der Waals surface area contributed by atoms with E-state index in [1.165, 1.54) is 0 Å². The average molecular weight is 327 g/mol. The van der Waals surface area contributed by atoms with Crippen molar-refractivity contribution in [3.8, 4) is 0 Å². The van der Waals surface area contributed by atoms with Crippen molar-refractivity contribution in [3.05, 3.63) is 53.7 Å². The van der Waals surface area contributed by atoms with Crippen LogP contribution in [0.5, 0.6) is 0 Å². The minimum atomic E-state index is -0.303. The van der Waals surface area contributed by atoms with Crippen molar-refractivity contribution in [2.75, 3.05) is 13.6 Å². The maximum Gasteiger partial charge on any atom is 0.228 e. The lowest BCUT2D eigenvalue weighted by Gasteiger charge is -2.20. The predicted octanol–water partition coefficient (Wildman–Crippen LogP) is 1.99. The summed E-state index contributed by atoms with van der Waals surface area (Å²) >= 11 is 0. The summed E-state index contributed by atoms with van der Waals surface area (Å²) in [7, 11) is 1.74. The van der Waals surface area contributed by atoms with E-state index in [0.717, 1.165) is 17.2 Å². The maximum atomic E-state index is 12.6. The molecule has 3 rings (SSSR count).